The topological polar surface area (TPSA) is 15.3 Å². The summed E-state index contributed by atoms with van der Waals surface area (Å²) in [5.41, 5.74) is 2.70. The molecule has 0 atom stereocenters. The monoisotopic (exact) mass is 206 g/mol. The van der Waals surface area contributed by atoms with Crippen molar-refractivity contribution in [2.75, 3.05) is 32.1 Å². The lowest BCUT2D eigenvalue weighted by molar-refractivity contribution is 0.670. The van der Waals surface area contributed by atoms with E-state index in [4.69, 9.17) is 0 Å². The van der Waals surface area contributed by atoms with E-state index in [1.54, 1.807) is 0 Å². The van der Waals surface area contributed by atoms with E-state index >= 15 is 0 Å². The minimum absolute atomic E-state index is 1.11. The molecular formula is C13H22N2. The second-order valence-corrected chi connectivity index (χ2v) is 4.02. The lowest BCUT2D eigenvalue weighted by Crippen LogP contribution is -2.20. The van der Waals surface area contributed by atoms with Gasteiger partial charge < -0.3 is 10.2 Å². The summed E-state index contributed by atoms with van der Waals surface area (Å²) >= 11 is 0. The summed E-state index contributed by atoms with van der Waals surface area (Å²) in [6, 6.07) is 8.55. The molecule has 1 N–H and O–H groups in total. The number of unbranched alkanes of at least 4 members (excludes halogenated alkanes) is 1. The molecule has 15 heavy (non-hydrogen) atoms. The van der Waals surface area contributed by atoms with Crippen LogP contribution in [0.4, 0.5) is 5.69 Å². The van der Waals surface area contributed by atoms with Crippen LogP contribution in [0, 0.1) is 6.92 Å². The number of hydrogen-bond donors (Lipinski definition) is 1. The molecule has 0 aromatic heterocycles. The number of para-hydroxylation sites is 1. The Morgan fingerprint density at radius 1 is 1.20 bits per heavy atom. The summed E-state index contributed by atoms with van der Waals surface area (Å²) in [6.07, 6.45) is 2.48. The predicted molar refractivity (Wildman–Crippen MR) is 67.6 cm³/mol. The Morgan fingerprint density at radius 2 is 1.93 bits per heavy atom. The molecule has 0 heterocycles. The fourth-order valence-corrected chi connectivity index (χ4v) is 1.76. The van der Waals surface area contributed by atoms with Gasteiger partial charge in [-0.2, -0.15) is 0 Å². The van der Waals surface area contributed by atoms with Crippen molar-refractivity contribution in [1.82, 2.24) is 5.32 Å². The van der Waals surface area contributed by atoms with E-state index < -0.39 is 0 Å². The lowest BCUT2D eigenvalue weighted by Gasteiger charge is -2.21. The molecule has 0 saturated heterocycles. The first-order chi connectivity index (χ1) is 7.25. The Balaban J connectivity index is 2.40. The number of hydrogen-bond acceptors (Lipinski definition) is 2. The van der Waals surface area contributed by atoms with Gasteiger partial charge in [0, 0.05) is 19.3 Å². The maximum absolute atomic E-state index is 3.17. The second-order valence-electron chi connectivity index (χ2n) is 4.02. The molecule has 0 aliphatic carbocycles. The number of aryl methyl sites for hydroxylation is 1. The molecule has 0 amide bonds. The highest BCUT2D eigenvalue weighted by atomic mass is 15.1. The van der Waals surface area contributed by atoms with Crippen LogP contribution >= 0.6 is 0 Å². The van der Waals surface area contributed by atoms with Crippen molar-refractivity contribution in [1.29, 1.82) is 0 Å². The Bertz CT molecular complexity index is 284. The first-order valence-electron chi connectivity index (χ1n) is 5.67. The quantitative estimate of drug-likeness (QED) is 0.719. The number of nitrogens with one attached hydrogen (secondary N) is 1. The Labute approximate surface area is 93.3 Å². The maximum atomic E-state index is 3.17. The van der Waals surface area contributed by atoms with Crippen LogP contribution < -0.4 is 10.2 Å². The normalized spacial score (nSPS) is 10.3. The van der Waals surface area contributed by atoms with Crippen LogP contribution in [0.15, 0.2) is 24.3 Å². The van der Waals surface area contributed by atoms with Gasteiger partial charge in [0.25, 0.3) is 0 Å². The Kier molecular flexibility index (Phi) is 5.19. The molecule has 0 aliphatic heterocycles. The molecule has 1 aromatic rings. The SMILES string of the molecule is CNCCCCN(C)c1ccccc1C. The molecule has 84 valence electrons. The van der Waals surface area contributed by atoms with Crippen molar-refractivity contribution >= 4 is 5.69 Å². The fourth-order valence-electron chi connectivity index (χ4n) is 1.76. The standard InChI is InChI=1S/C13H22N2/c1-12-8-4-5-9-13(12)15(3)11-7-6-10-14-2/h4-5,8-9,14H,6-7,10-11H2,1-3H3. The van der Waals surface area contributed by atoms with Crippen LogP contribution in [0.25, 0.3) is 0 Å². The third-order valence-electron chi connectivity index (χ3n) is 2.70. The van der Waals surface area contributed by atoms with Gasteiger partial charge in [0.05, 0.1) is 0 Å². The zero-order chi connectivity index (χ0) is 11.1. The fraction of sp³-hybridized carbons (Fsp3) is 0.538. The minimum atomic E-state index is 1.11. The zero-order valence-corrected chi connectivity index (χ0v) is 10.1. The molecule has 0 aliphatic rings. The van der Waals surface area contributed by atoms with Gasteiger partial charge in [-0.25, -0.2) is 0 Å². The summed E-state index contributed by atoms with van der Waals surface area (Å²) in [5.74, 6) is 0. The largest absolute Gasteiger partial charge is 0.374 e. The van der Waals surface area contributed by atoms with Crippen LogP contribution in [-0.2, 0) is 0 Å². The summed E-state index contributed by atoms with van der Waals surface area (Å²) in [7, 11) is 4.17. The van der Waals surface area contributed by atoms with Crippen molar-refractivity contribution < 1.29 is 0 Å². The summed E-state index contributed by atoms with van der Waals surface area (Å²) < 4.78 is 0. The van der Waals surface area contributed by atoms with E-state index in [2.05, 4.69) is 48.5 Å². The number of nitrogens with zero attached hydrogens (tertiary/aromatic N) is 1. The van der Waals surface area contributed by atoms with Gasteiger partial charge in [-0.1, -0.05) is 18.2 Å². The molecular weight excluding hydrogens is 184 g/mol. The van der Waals surface area contributed by atoms with E-state index in [0.717, 1.165) is 13.1 Å². The molecule has 1 aromatic carbocycles. The molecule has 1 rings (SSSR count). The van der Waals surface area contributed by atoms with Gasteiger partial charge in [0.2, 0.25) is 0 Å². The molecule has 2 heteroatoms. The van der Waals surface area contributed by atoms with Crippen LogP contribution in [0.1, 0.15) is 18.4 Å². The van der Waals surface area contributed by atoms with E-state index in [-0.39, 0.29) is 0 Å². The number of benzene rings is 1. The minimum Gasteiger partial charge on any atom is -0.374 e. The van der Waals surface area contributed by atoms with Gasteiger partial charge in [-0.05, 0) is 45.0 Å². The van der Waals surface area contributed by atoms with Crippen molar-refractivity contribution in [2.45, 2.75) is 19.8 Å². The summed E-state index contributed by atoms with van der Waals surface area (Å²) in [6.45, 7) is 4.41. The molecule has 0 unspecified atom stereocenters. The highest BCUT2D eigenvalue weighted by Gasteiger charge is 2.02. The predicted octanol–water partition coefficient (Wildman–Crippen LogP) is 2.43. The average Bonchev–Trinajstić information content (AvgIpc) is 2.25. The molecule has 0 spiro atoms. The maximum Gasteiger partial charge on any atom is 0.0393 e. The second kappa shape index (κ2) is 6.46. The van der Waals surface area contributed by atoms with Gasteiger partial charge in [0.15, 0.2) is 0 Å². The Morgan fingerprint density at radius 3 is 2.60 bits per heavy atom. The number of rotatable bonds is 6. The first-order valence-corrected chi connectivity index (χ1v) is 5.67. The van der Waals surface area contributed by atoms with Crippen LogP contribution in [0.3, 0.4) is 0 Å². The van der Waals surface area contributed by atoms with E-state index in [0.29, 0.717) is 0 Å². The molecule has 2 nitrogen and oxygen atoms in total. The van der Waals surface area contributed by atoms with Crippen LogP contribution in [0.2, 0.25) is 0 Å². The Hall–Kier alpha value is -1.02. The van der Waals surface area contributed by atoms with Gasteiger partial charge in [-0.15, -0.1) is 0 Å². The van der Waals surface area contributed by atoms with Crippen molar-refractivity contribution in [3.8, 4) is 0 Å². The molecule has 0 saturated carbocycles. The molecule has 0 radical (unpaired) electrons. The summed E-state index contributed by atoms with van der Waals surface area (Å²) in [4.78, 5) is 2.34. The third kappa shape index (κ3) is 3.92. The van der Waals surface area contributed by atoms with Gasteiger partial charge in [0.1, 0.15) is 0 Å². The van der Waals surface area contributed by atoms with E-state index in [1.807, 2.05) is 7.05 Å². The van der Waals surface area contributed by atoms with Crippen LogP contribution in [-0.4, -0.2) is 27.2 Å². The van der Waals surface area contributed by atoms with E-state index in [1.165, 1.54) is 24.1 Å². The highest BCUT2D eigenvalue weighted by Crippen LogP contribution is 2.17. The number of anilines is 1. The third-order valence-corrected chi connectivity index (χ3v) is 2.70. The van der Waals surface area contributed by atoms with Gasteiger partial charge in [-0.3, -0.25) is 0 Å². The van der Waals surface area contributed by atoms with E-state index in [9.17, 15) is 0 Å². The van der Waals surface area contributed by atoms with Crippen molar-refractivity contribution in [3.05, 3.63) is 29.8 Å². The van der Waals surface area contributed by atoms with Gasteiger partial charge >= 0.3 is 0 Å². The zero-order valence-electron chi connectivity index (χ0n) is 10.1. The highest BCUT2D eigenvalue weighted by molar-refractivity contribution is 5.52. The first kappa shape index (κ1) is 12.1. The average molecular weight is 206 g/mol. The van der Waals surface area contributed by atoms with Crippen molar-refractivity contribution in [2.24, 2.45) is 0 Å². The van der Waals surface area contributed by atoms with Crippen LogP contribution in [0.5, 0.6) is 0 Å². The lowest BCUT2D eigenvalue weighted by atomic mass is 10.2. The summed E-state index contributed by atoms with van der Waals surface area (Å²) in [5, 5.41) is 3.17. The smallest absolute Gasteiger partial charge is 0.0393 e. The van der Waals surface area contributed by atoms with Crippen molar-refractivity contribution in [3.63, 3.8) is 0 Å². The molecule has 0 bridgehead atoms. The molecule has 0 fully saturated rings.